The number of halogens is 1. The highest BCUT2D eigenvalue weighted by Gasteiger charge is 2.17. The molecular weight excluding hydrogens is 276 g/mol. The first-order chi connectivity index (χ1) is 9.72. The van der Waals surface area contributed by atoms with Crippen LogP contribution in [-0.2, 0) is 4.74 Å². The van der Waals surface area contributed by atoms with Gasteiger partial charge in [-0.1, -0.05) is 11.6 Å². The van der Waals surface area contributed by atoms with Crippen molar-refractivity contribution >= 4 is 11.6 Å². The van der Waals surface area contributed by atoms with E-state index in [2.05, 4.69) is 20.3 Å². The number of ether oxygens (including phenoxy) is 1. The number of pyridine rings is 1. The zero-order valence-electron chi connectivity index (χ0n) is 11.1. The van der Waals surface area contributed by atoms with Crippen molar-refractivity contribution in [2.75, 3.05) is 19.8 Å². The van der Waals surface area contributed by atoms with E-state index in [1.165, 1.54) is 0 Å². The zero-order valence-corrected chi connectivity index (χ0v) is 11.9. The van der Waals surface area contributed by atoms with Crippen LogP contribution in [0.15, 0.2) is 24.4 Å². The second-order valence-electron chi connectivity index (χ2n) is 4.68. The van der Waals surface area contributed by atoms with Gasteiger partial charge in [-0.3, -0.25) is 0 Å². The molecule has 0 aromatic carbocycles. The van der Waals surface area contributed by atoms with Crippen molar-refractivity contribution in [1.29, 1.82) is 0 Å². The molecule has 0 radical (unpaired) electrons. The number of rotatable bonds is 2. The molecule has 6 heteroatoms. The normalized spacial score (nSPS) is 19.0. The molecule has 0 spiro atoms. The van der Waals surface area contributed by atoms with Crippen LogP contribution in [0.4, 0.5) is 0 Å². The minimum Gasteiger partial charge on any atom is -0.378 e. The van der Waals surface area contributed by atoms with E-state index in [1.807, 2.05) is 25.1 Å². The smallest absolute Gasteiger partial charge is 0.130 e. The lowest BCUT2D eigenvalue weighted by Gasteiger charge is -2.24. The highest BCUT2D eigenvalue weighted by Crippen LogP contribution is 2.24. The van der Waals surface area contributed by atoms with Crippen LogP contribution in [-0.4, -0.2) is 34.7 Å². The van der Waals surface area contributed by atoms with Crippen LogP contribution in [0.25, 0.3) is 11.4 Å². The lowest BCUT2D eigenvalue weighted by atomic mass is 10.1. The van der Waals surface area contributed by atoms with Gasteiger partial charge in [0.1, 0.15) is 11.0 Å². The molecule has 104 valence electrons. The Hall–Kier alpha value is -1.56. The molecule has 0 amide bonds. The third-order valence-electron chi connectivity index (χ3n) is 3.18. The van der Waals surface area contributed by atoms with Crippen molar-refractivity contribution in [3.05, 3.63) is 40.9 Å². The largest absolute Gasteiger partial charge is 0.378 e. The van der Waals surface area contributed by atoms with E-state index < -0.39 is 0 Å². The third-order valence-corrected chi connectivity index (χ3v) is 3.37. The fourth-order valence-electron chi connectivity index (χ4n) is 2.23. The van der Waals surface area contributed by atoms with Gasteiger partial charge in [0.15, 0.2) is 0 Å². The molecule has 3 rings (SSSR count). The average molecular weight is 291 g/mol. The quantitative estimate of drug-likeness (QED) is 0.859. The van der Waals surface area contributed by atoms with E-state index in [9.17, 15) is 0 Å². The summed E-state index contributed by atoms with van der Waals surface area (Å²) < 4.78 is 5.49. The monoisotopic (exact) mass is 290 g/mol. The number of nitrogens with zero attached hydrogens (tertiary/aromatic N) is 3. The Kier molecular flexibility index (Phi) is 3.91. The molecule has 1 N–H and O–H groups in total. The van der Waals surface area contributed by atoms with Gasteiger partial charge < -0.3 is 10.1 Å². The van der Waals surface area contributed by atoms with Crippen LogP contribution in [0.5, 0.6) is 0 Å². The van der Waals surface area contributed by atoms with E-state index in [4.69, 9.17) is 16.3 Å². The van der Waals surface area contributed by atoms with E-state index in [-0.39, 0.29) is 6.04 Å². The molecule has 2 aromatic heterocycles. The number of nitrogens with one attached hydrogen (secondary N) is 1. The molecule has 0 saturated carbocycles. The third kappa shape index (κ3) is 2.95. The van der Waals surface area contributed by atoms with Crippen LogP contribution in [0.3, 0.4) is 0 Å². The van der Waals surface area contributed by atoms with Gasteiger partial charge in [-0.15, -0.1) is 0 Å². The molecule has 1 fully saturated rings. The van der Waals surface area contributed by atoms with Crippen molar-refractivity contribution in [2.24, 2.45) is 0 Å². The minimum atomic E-state index is 0.144. The first-order valence-corrected chi connectivity index (χ1v) is 6.89. The summed E-state index contributed by atoms with van der Waals surface area (Å²) in [6, 6.07) is 5.84. The predicted octanol–water partition coefficient (Wildman–Crippen LogP) is 2.16. The SMILES string of the molecule is Cc1nccc(-c2cc(C3COCCN3)cc(Cl)n2)n1. The highest BCUT2D eigenvalue weighted by atomic mass is 35.5. The summed E-state index contributed by atoms with van der Waals surface area (Å²) in [4.78, 5) is 12.8. The Morgan fingerprint density at radius 1 is 1.30 bits per heavy atom. The van der Waals surface area contributed by atoms with Gasteiger partial charge in [0, 0.05) is 12.7 Å². The summed E-state index contributed by atoms with van der Waals surface area (Å²) in [5.74, 6) is 0.713. The molecule has 20 heavy (non-hydrogen) atoms. The van der Waals surface area contributed by atoms with Gasteiger partial charge >= 0.3 is 0 Å². The fourth-order valence-corrected chi connectivity index (χ4v) is 2.44. The lowest BCUT2D eigenvalue weighted by molar-refractivity contribution is 0.0769. The van der Waals surface area contributed by atoms with E-state index in [0.717, 1.165) is 30.1 Å². The molecule has 1 atom stereocenters. The second kappa shape index (κ2) is 5.83. The summed E-state index contributed by atoms with van der Waals surface area (Å²) >= 11 is 6.14. The van der Waals surface area contributed by atoms with Crippen molar-refractivity contribution < 1.29 is 4.74 Å². The van der Waals surface area contributed by atoms with Crippen molar-refractivity contribution in [3.8, 4) is 11.4 Å². The number of morpholine rings is 1. The van der Waals surface area contributed by atoms with E-state index in [0.29, 0.717) is 17.6 Å². The maximum atomic E-state index is 6.14. The maximum absolute atomic E-state index is 6.14. The Balaban J connectivity index is 1.97. The van der Waals surface area contributed by atoms with Crippen molar-refractivity contribution in [2.45, 2.75) is 13.0 Å². The maximum Gasteiger partial charge on any atom is 0.130 e. The molecule has 1 saturated heterocycles. The van der Waals surface area contributed by atoms with E-state index >= 15 is 0 Å². The van der Waals surface area contributed by atoms with Crippen LogP contribution < -0.4 is 5.32 Å². The van der Waals surface area contributed by atoms with Crippen LogP contribution >= 0.6 is 11.6 Å². The average Bonchev–Trinajstić information content (AvgIpc) is 2.47. The topological polar surface area (TPSA) is 59.9 Å². The summed E-state index contributed by atoms with van der Waals surface area (Å²) in [7, 11) is 0. The van der Waals surface area contributed by atoms with E-state index in [1.54, 1.807) is 6.20 Å². The molecule has 0 bridgehead atoms. The van der Waals surface area contributed by atoms with Crippen LogP contribution in [0, 0.1) is 6.92 Å². The van der Waals surface area contributed by atoms with Crippen molar-refractivity contribution in [3.63, 3.8) is 0 Å². The Morgan fingerprint density at radius 2 is 2.20 bits per heavy atom. The standard InChI is InChI=1S/C14H15ClN4O/c1-9-16-3-2-11(18-9)12-6-10(7-14(15)19-12)13-8-20-5-4-17-13/h2-3,6-7,13,17H,4-5,8H2,1H3. The molecule has 1 aliphatic heterocycles. The van der Waals surface area contributed by atoms with Gasteiger partial charge in [-0.25, -0.2) is 15.0 Å². The van der Waals surface area contributed by atoms with Gasteiger partial charge in [-0.2, -0.15) is 0 Å². The Bertz CT molecular complexity index is 614. The first kappa shape index (κ1) is 13.4. The molecule has 3 heterocycles. The first-order valence-electron chi connectivity index (χ1n) is 6.51. The predicted molar refractivity (Wildman–Crippen MR) is 76.6 cm³/mol. The van der Waals surface area contributed by atoms with Crippen LogP contribution in [0.2, 0.25) is 5.15 Å². The number of hydrogen-bond acceptors (Lipinski definition) is 5. The van der Waals surface area contributed by atoms with Gasteiger partial charge in [0.2, 0.25) is 0 Å². The highest BCUT2D eigenvalue weighted by molar-refractivity contribution is 6.29. The van der Waals surface area contributed by atoms with Gasteiger partial charge in [0.25, 0.3) is 0 Å². The second-order valence-corrected chi connectivity index (χ2v) is 5.07. The fraction of sp³-hybridized carbons (Fsp3) is 0.357. The molecular formula is C14H15ClN4O. The number of aromatic nitrogens is 3. The summed E-state index contributed by atoms with van der Waals surface area (Å²) in [5, 5.41) is 3.87. The van der Waals surface area contributed by atoms with Crippen molar-refractivity contribution in [1.82, 2.24) is 20.3 Å². The number of aryl methyl sites for hydroxylation is 1. The molecule has 5 nitrogen and oxygen atoms in total. The van der Waals surface area contributed by atoms with Crippen LogP contribution in [0.1, 0.15) is 17.4 Å². The van der Waals surface area contributed by atoms with Gasteiger partial charge in [-0.05, 0) is 30.7 Å². The molecule has 2 aromatic rings. The summed E-state index contributed by atoms with van der Waals surface area (Å²) in [6.07, 6.45) is 1.72. The Morgan fingerprint density at radius 3 is 2.95 bits per heavy atom. The molecule has 1 unspecified atom stereocenters. The van der Waals surface area contributed by atoms with Gasteiger partial charge in [0.05, 0.1) is 30.6 Å². The summed E-state index contributed by atoms with van der Waals surface area (Å²) in [6.45, 7) is 4.08. The summed E-state index contributed by atoms with van der Waals surface area (Å²) in [5.41, 5.74) is 2.60. The molecule has 0 aliphatic carbocycles. The lowest BCUT2D eigenvalue weighted by Crippen LogP contribution is -2.34. The minimum absolute atomic E-state index is 0.144. The number of hydrogen-bond donors (Lipinski definition) is 1. The zero-order chi connectivity index (χ0) is 13.9. The Labute approximate surface area is 122 Å². The molecule has 1 aliphatic rings.